The molecule has 0 aliphatic carbocycles. The van der Waals surface area contributed by atoms with E-state index in [1.165, 1.54) is 0 Å². The van der Waals surface area contributed by atoms with Gasteiger partial charge in [-0.25, -0.2) is 0 Å². The van der Waals surface area contributed by atoms with Crippen molar-refractivity contribution in [3.63, 3.8) is 0 Å². The van der Waals surface area contributed by atoms with E-state index in [4.69, 9.17) is 4.74 Å². The Morgan fingerprint density at radius 3 is 2.11 bits per heavy atom. The van der Waals surface area contributed by atoms with E-state index in [1.54, 1.807) is 14.0 Å². The lowest BCUT2D eigenvalue weighted by Crippen LogP contribution is -2.23. The predicted molar refractivity (Wildman–Crippen MR) is 75.4 cm³/mol. The van der Waals surface area contributed by atoms with E-state index in [2.05, 4.69) is 5.32 Å². The maximum absolute atomic E-state index is 11.5. The van der Waals surface area contributed by atoms with E-state index in [1.807, 2.05) is 54.6 Å². The molecule has 2 aromatic rings. The van der Waals surface area contributed by atoms with Crippen molar-refractivity contribution in [3.8, 4) is 11.5 Å². The SMILES string of the molecule is CNC(C(C)=O)c1ccc(Oc2ccccc2)cc1. The summed E-state index contributed by atoms with van der Waals surface area (Å²) in [7, 11) is 1.78. The zero-order valence-corrected chi connectivity index (χ0v) is 11.1. The average Bonchev–Trinajstić information content (AvgIpc) is 2.42. The van der Waals surface area contributed by atoms with Gasteiger partial charge in [0.1, 0.15) is 11.5 Å². The van der Waals surface area contributed by atoms with Crippen LogP contribution in [-0.4, -0.2) is 12.8 Å². The molecule has 19 heavy (non-hydrogen) atoms. The lowest BCUT2D eigenvalue weighted by molar-refractivity contribution is -0.119. The van der Waals surface area contributed by atoms with Gasteiger partial charge in [-0.3, -0.25) is 4.79 Å². The second-order valence-electron chi connectivity index (χ2n) is 4.32. The van der Waals surface area contributed by atoms with Crippen molar-refractivity contribution in [2.24, 2.45) is 0 Å². The van der Waals surface area contributed by atoms with Gasteiger partial charge in [0.25, 0.3) is 0 Å². The van der Waals surface area contributed by atoms with Gasteiger partial charge in [-0.1, -0.05) is 30.3 Å². The molecule has 0 spiro atoms. The highest BCUT2D eigenvalue weighted by Gasteiger charge is 2.13. The Morgan fingerprint density at radius 2 is 1.58 bits per heavy atom. The molecule has 0 saturated heterocycles. The molecule has 0 radical (unpaired) electrons. The van der Waals surface area contributed by atoms with E-state index in [0.717, 1.165) is 17.1 Å². The fourth-order valence-electron chi connectivity index (χ4n) is 1.96. The Morgan fingerprint density at radius 1 is 1.00 bits per heavy atom. The highest BCUT2D eigenvalue weighted by Crippen LogP contribution is 2.23. The summed E-state index contributed by atoms with van der Waals surface area (Å²) in [5.41, 5.74) is 0.940. The monoisotopic (exact) mass is 255 g/mol. The summed E-state index contributed by atoms with van der Waals surface area (Å²) in [5.74, 6) is 1.65. The summed E-state index contributed by atoms with van der Waals surface area (Å²) in [6.45, 7) is 1.58. The molecular formula is C16H17NO2. The van der Waals surface area contributed by atoms with Crippen molar-refractivity contribution in [1.82, 2.24) is 5.32 Å². The van der Waals surface area contributed by atoms with Gasteiger partial charge in [0, 0.05) is 0 Å². The first-order chi connectivity index (χ1) is 9.20. The summed E-state index contributed by atoms with van der Waals surface area (Å²) in [4.78, 5) is 11.5. The summed E-state index contributed by atoms with van der Waals surface area (Å²) < 4.78 is 5.70. The van der Waals surface area contributed by atoms with Crippen LogP contribution >= 0.6 is 0 Å². The van der Waals surface area contributed by atoms with Crippen molar-refractivity contribution in [2.75, 3.05) is 7.05 Å². The number of likely N-dealkylation sites (N-methyl/N-ethyl adjacent to an activating group) is 1. The maximum atomic E-state index is 11.5. The Balaban J connectivity index is 2.12. The molecule has 0 aromatic heterocycles. The van der Waals surface area contributed by atoms with E-state index in [0.29, 0.717) is 0 Å². The van der Waals surface area contributed by atoms with Crippen LogP contribution < -0.4 is 10.1 Å². The van der Waals surface area contributed by atoms with E-state index >= 15 is 0 Å². The fourth-order valence-corrected chi connectivity index (χ4v) is 1.96. The molecule has 3 heteroatoms. The summed E-state index contributed by atoms with van der Waals surface area (Å²) in [6, 6.07) is 16.9. The van der Waals surface area contributed by atoms with Gasteiger partial charge in [-0.05, 0) is 43.8 Å². The molecule has 1 unspecified atom stereocenters. The number of hydrogen-bond donors (Lipinski definition) is 1. The quantitative estimate of drug-likeness (QED) is 0.890. The van der Waals surface area contributed by atoms with Crippen molar-refractivity contribution in [3.05, 3.63) is 60.2 Å². The van der Waals surface area contributed by atoms with Crippen LogP contribution in [0.15, 0.2) is 54.6 Å². The van der Waals surface area contributed by atoms with Crippen LogP contribution in [0.4, 0.5) is 0 Å². The number of carbonyl (C=O) groups is 1. The molecule has 98 valence electrons. The number of para-hydroxylation sites is 1. The Bertz CT molecular complexity index is 534. The molecule has 0 aliphatic heterocycles. The lowest BCUT2D eigenvalue weighted by atomic mass is 10.0. The van der Waals surface area contributed by atoms with E-state index < -0.39 is 0 Å². The minimum atomic E-state index is -0.259. The van der Waals surface area contributed by atoms with Crippen molar-refractivity contribution < 1.29 is 9.53 Å². The van der Waals surface area contributed by atoms with Crippen LogP contribution in [0.5, 0.6) is 11.5 Å². The summed E-state index contributed by atoms with van der Waals surface area (Å²) >= 11 is 0. The van der Waals surface area contributed by atoms with Crippen molar-refractivity contribution >= 4 is 5.78 Å². The van der Waals surface area contributed by atoms with Gasteiger partial charge in [-0.2, -0.15) is 0 Å². The molecule has 3 nitrogen and oxygen atoms in total. The third kappa shape index (κ3) is 3.42. The van der Waals surface area contributed by atoms with E-state index in [-0.39, 0.29) is 11.8 Å². The summed E-state index contributed by atoms with van der Waals surface area (Å²) in [6.07, 6.45) is 0. The molecule has 2 rings (SSSR count). The van der Waals surface area contributed by atoms with Crippen LogP contribution in [0.3, 0.4) is 0 Å². The standard InChI is InChI=1S/C16H17NO2/c1-12(18)16(17-2)13-8-10-15(11-9-13)19-14-6-4-3-5-7-14/h3-11,16-17H,1-2H3. The number of ether oxygens (including phenoxy) is 1. The third-order valence-electron chi connectivity index (χ3n) is 2.89. The average molecular weight is 255 g/mol. The zero-order valence-electron chi connectivity index (χ0n) is 11.1. The molecule has 0 bridgehead atoms. The van der Waals surface area contributed by atoms with Gasteiger partial charge < -0.3 is 10.1 Å². The molecular weight excluding hydrogens is 238 g/mol. The second kappa shape index (κ2) is 6.16. The first-order valence-corrected chi connectivity index (χ1v) is 6.21. The number of carbonyl (C=O) groups excluding carboxylic acids is 1. The predicted octanol–water partition coefficient (Wildman–Crippen LogP) is 3.33. The minimum Gasteiger partial charge on any atom is -0.457 e. The van der Waals surface area contributed by atoms with Crippen molar-refractivity contribution in [1.29, 1.82) is 0 Å². The molecule has 1 atom stereocenters. The molecule has 0 amide bonds. The lowest BCUT2D eigenvalue weighted by Gasteiger charge is -2.13. The van der Waals surface area contributed by atoms with Gasteiger partial charge in [0.05, 0.1) is 6.04 Å². The highest BCUT2D eigenvalue weighted by atomic mass is 16.5. The van der Waals surface area contributed by atoms with E-state index in [9.17, 15) is 4.79 Å². The Labute approximate surface area is 113 Å². The maximum Gasteiger partial charge on any atom is 0.151 e. The van der Waals surface area contributed by atoms with Crippen LogP contribution in [0.25, 0.3) is 0 Å². The molecule has 0 saturated carbocycles. The van der Waals surface area contributed by atoms with Crippen LogP contribution in [-0.2, 0) is 4.79 Å². The smallest absolute Gasteiger partial charge is 0.151 e. The van der Waals surface area contributed by atoms with Crippen LogP contribution in [0.2, 0.25) is 0 Å². The van der Waals surface area contributed by atoms with Gasteiger partial charge in [-0.15, -0.1) is 0 Å². The van der Waals surface area contributed by atoms with Gasteiger partial charge >= 0.3 is 0 Å². The van der Waals surface area contributed by atoms with Gasteiger partial charge in [0.15, 0.2) is 5.78 Å². The number of hydrogen-bond acceptors (Lipinski definition) is 3. The highest BCUT2D eigenvalue weighted by molar-refractivity contribution is 5.82. The topological polar surface area (TPSA) is 38.3 Å². The second-order valence-corrected chi connectivity index (χ2v) is 4.32. The number of Topliss-reactive ketones (excluding diaryl/α,β-unsaturated/α-hetero) is 1. The van der Waals surface area contributed by atoms with Crippen LogP contribution in [0, 0.1) is 0 Å². The number of benzene rings is 2. The van der Waals surface area contributed by atoms with Gasteiger partial charge in [0.2, 0.25) is 0 Å². The molecule has 0 heterocycles. The van der Waals surface area contributed by atoms with Crippen LogP contribution in [0.1, 0.15) is 18.5 Å². The first kappa shape index (κ1) is 13.3. The Kier molecular flexibility index (Phi) is 4.31. The molecule has 1 N–H and O–H groups in total. The number of nitrogens with one attached hydrogen (secondary N) is 1. The fraction of sp³-hybridized carbons (Fsp3) is 0.188. The largest absolute Gasteiger partial charge is 0.457 e. The molecule has 0 aliphatic rings. The van der Waals surface area contributed by atoms with Crippen molar-refractivity contribution in [2.45, 2.75) is 13.0 Å². The summed E-state index contributed by atoms with van der Waals surface area (Å²) in [5, 5.41) is 3.00. The first-order valence-electron chi connectivity index (χ1n) is 6.21. The third-order valence-corrected chi connectivity index (χ3v) is 2.89. The zero-order chi connectivity index (χ0) is 13.7. The molecule has 0 fully saturated rings. The number of ketones is 1. The molecule has 2 aromatic carbocycles. The number of rotatable bonds is 5. The minimum absolute atomic E-state index is 0.0965. The Hall–Kier alpha value is -2.13. The normalized spacial score (nSPS) is 11.9.